The fourth-order valence-electron chi connectivity index (χ4n) is 1.39. The zero-order valence-electron chi connectivity index (χ0n) is 8.42. The van der Waals surface area contributed by atoms with E-state index in [-0.39, 0.29) is 16.8 Å². The summed E-state index contributed by atoms with van der Waals surface area (Å²) in [6.45, 7) is 0. The van der Waals surface area contributed by atoms with E-state index in [1.165, 1.54) is 22.6 Å². The third kappa shape index (κ3) is 1.95. The van der Waals surface area contributed by atoms with Crippen molar-refractivity contribution in [2.75, 3.05) is 12.8 Å². The lowest BCUT2D eigenvalue weighted by atomic mass is 10.5. The Balaban J connectivity index is 2.36. The van der Waals surface area contributed by atoms with Crippen LogP contribution in [0.25, 0.3) is 0 Å². The Hall–Kier alpha value is -1.14. The van der Waals surface area contributed by atoms with Gasteiger partial charge in [-0.25, -0.2) is 13.4 Å². The molecule has 0 atom stereocenters. The number of nitrogens with zero attached hydrogens (tertiary/aromatic N) is 2. The molecule has 0 aromatic carbocycles. The van der Waals surface area contributed by atoms with Gasteiger partial charge < -0.3 is 5.73 Å². The van der Waals surface area contributed by atoms with Gasteiger partial charge in [0.05, 0.1) is 4.90 Å². The average molecular weight is 227 g/mol. The van der Waals surface area contributed by atoms with Crippen LogP contribution in [0.5, 0.6) is 0 Å². The topological polar surface area (TPSA) is 76.3 Å². The number of hydrogen-bond acceptors (Lipinski definition) is 4. The van der Waals surface area contributed by atoms with Gasteiger partial charge in [-0.3, -0.25) is 0 Å². The molecule has 0 bridgehead atoms. The number of aromatic nitrogens is 1. The molecule has 1 aliphatic rings. The lowest BCUT2D eigenvalue weighted by molar-refractivity contribution is 0.464. The SMILES string of the molecule is CN(C1CC1)S(=O)(=O)c1ccnc(N)c1. The van der Waals surface area contributed by atoms with Gasteiger partial charge >= 0.3 is 0 Å². The number of sulfonamides is 1. The van der Waals surface area contributed by atoms with E-state index in [0.717, 1.165) is 12.8 Å². The molecule has 15 heavy (non-hydrogen) atoms. The van der Waals surface area contributed by atoms with Crippen LogP contribution >= 0.6 is 0 Å². The quantitative estimate of drug-likeness (QED) is 0.813. The van der Waals surface area contributed by atoms with E-state index in [2.05, 4.69) is 4.98 Å². The van der Waals surface area contributed by atoms with Gasteiger partial charge in [-0.2, -0.15) is 4.31 Å². The molecule has 1 aromatic heterocycles. The van der Waals surface area contributed by atoms with E-state index in [1.807, 2.05) is 0 Å². The predicted octanol–water partition coefficient (Wildman–Crippen LogP) is 0.447. The molecular weight excluding hydrogens is 214 g/mol. The normalized spacial score (nSPS) is 16.9. The lowest BCUT2D eigenvalue weighted by Crippen LogP contribution is -2.29. The smallest absolute Gasteiger partial charge is 0.243 e. The maximum Gasteiger partial charge on any atom is 0.243 e. The molecule has 0 radical (unpaired) electrons. The first kappa shape index (κ1) is 10.4. The van der Waals surface area contributed by atoms with E-state index in [1.54, 1.807) is 7.05 Å². The first-order valence-electron chi connectivity index (χ1n) is 4.71. The van der Waals surface area contributed by atoms with Crippen LogP contribution < -0.4 is 5.73 Å². The summed E-state index contributed by atoms with van der Waals surface area (Å²) in [6.07, 6.45) is 3.29. The van der Waals surface area contributed by atoms with Crippen molar-refractivity contribution in [1.82, 2.24) is 9.29 Å². The van der Waals surface area contributed by atoms with Crippen molar-refractivity contribution in [3.63, 3.8) is 0 Å². The van der Waals surface area contributed by atoms with Crippen molar-refractivity contribution >= 4 is 15.8 Å². The van der Waals surface area contributed by atoms with Crippen LogP contribution in [0, 0.1) is 0 Å². The van der Waals surface area contributed by atoms with Crippen LogP contribution in [0.15, 0.2) is 23.2 Å². The van der Waals surface area contributed by atoms with Crippen LogP contribution in [0.2, 0.25) is 0 Å². The number of rotatable bonds is 3. The first-order valence-corrected chi connectivity index (χ1v) is 6.15. The molecule has 1 aliphatic carbocycles. The second-order valence-electron chi connectivity index (χ2n) is 3.67. The van der Waals surface area contributed by atoms with Crippen LogP contribution in [-0.2, 0) is 10.0 Å². The van der Waals surface area contributed by atoms with Gasteiger partial charge in [-0.05, 0) is 18.9 Å². The summed E-state index contributed by atoms with van der Waals surface area (Å²) in [5, 5.41) is 0. The van der Waals surface area contributed by atoms with Crippen LogP contribution in [0.4, 0.5) is 5.82 Å². The van der Waals surface area contributed by atoms with Crippen molar-refractivity contribution in [3.05, 3.63) is 18.3 Å². The second-order valence-corrected chi connectivity index (χ2v) is 5.67. The van der Waals surface area contributed by atoms with Gasteiger partial charge in [0, 0.05) is 25.4 Å². The summed E-state index contributed by atoms with van der Waals surface area (Å²) in [5.41, 5.74) is 5.45. The third-order valence-electron chi connectivity index (χ3n) is 2.49. The maximum absolute atomic E-state index is 12.0. The number of nitrogen functional groups attached to an aromatic ring is 1. The number of nitrogens with two attached hydrogens (primary N) is 1. The Bertz CT molecular complexity index is 468. The molecule has 1 fully saturated rings. The van der Waals surface area contributed by atoms with E-state index < -0.39 is 10.0 Å². The Kier molecular flexibility index (Phi) is 2.40. The minimum atomic E-state index is -3.38. The summed E-state index contributed by atoms with van der Waals surface area (Å²) in [4.78, 5) is 3.98. The summed E-state index contributed by atoms with van der Waals surface area (Å²) in [7, 11) is -1.78. The fourth-order valence-corrected chi connectivity index (χ4v) is 2.83. The monoisotopic (exact) mass is 227 g/mol. The highest BCUT2D eigenvalue weighted by molar-refractivity contribution is 7.89. The van der Waals surface area contributed by atoms with Gasteiger partial charge in [0.1, 0.15) is 5.82 Å². The molecule has 1 aromatic rings. The maximum atomic E-state index is 12.0. The van der Waals surface area contributed by atoms with Crippen molar-refractivity contribution < 1.29 is 8.42 Å². The van der Waals surface area contributed by atoms with Gasteiger partial charge in [-0.15, -0.1) is 0 Å². The summed E-state index contributed by atoms with van der Waals surface area (Å²) in [5.74, 6) is 0.222. The second kappa shape index (κ2) is 3.46. The minimum absolute atomic E-state index is 0.157. The molecule has 6 heteroatoms. The molecule has 5 nitrogen and oxygen atoms in total. The molecule has 2 N–H and O–H groups in total. The highest BCUT2D eigenvalue weighted by Gasteiger charge is 2.35. The molecule has 1 saturated carbocycles. The highest BCUT2D eigenvalue weighted by atomic mass is 32.2. The summed E-state index contributed by atoms with van der Waals surface area (Å²) < 4.78 is 25.4. The van der Waals surface area contributed by atoms with E-state index >= 15 is 0 Å². The zero-order chi connectivity index (χ0) is 11.1. The molecule has 0 amide bonds. The minimum Gasteiger partial charge on any atom is -0.384 e. The van der Waals surface area contributed by atoms with E-state index in [9.17, 15) is 8.42 Å². The Morgan fingerprint density at radius 2 is 2.20 bits per heavy atom. The molecule has 2 rings (SSSR count). The van der Waals surface area contributed by atoms with Crippen LogP contribution in [-0.4, -0.2) is 30.8 Å². The Morgan fingerprint density at radius 3 is 2.73 bits per heavy atom. The van der Waals surface area contributed by atoms with Gasteiger partial charge in [-0.1, -0.05) is 0 Å². The summed E-state index contributed by atoms with van der Waals surface area (Å²) in [6, 6.07) is 3.00. The predicted molar refractivity (Wildman–Crippen MR) is 56.6 cm³/mol. The van der Waals surface area contributed by atoms with Crippen molar-refractivity contribution in [3.8, 4) is 0 Å². The molecule has 0 unspecified atom stereocenters. The molecule has 0 spiro atoms. The van der Waals surface area contributed by atoms with Gasteiger partial charge in [0.2, 0.25) is 10.0 Å². The van der Waals surface area contributed by atoms with Crippen molar-refractivity contribution in [2.24, 2.45) is 0 Å². The lowest BCUT2D eigenvalue weighted by Gasteiger charge is -2.16. The van der Waals surface area contributed by atoms with Gasteiger partial charge in [0.25, 0.3) is 0 Å². The molecule has 0 aliphatic heterocycles. The molecule has 0 saturated heterocycles. The van der Waals surface area contributed by atoms with E-state index in [4.69, 9.17) is 5.73 Å². The number of pyridine rings is 1. The Labute approximate surface area is 89.0 Å². The number of hydrogen-bond donors (Lipinski definition) is 1. The number of anilines is 1. The van der Waals surface area contributed by atoms with Crippen molar-refractivity contribution in [2.45, 2.75) is 23.8 Å². The van der Waals surface area contributed by atoms with Crippen LogP contribution in [0.1, 0.15) is 12.8 Å². The van der Waals surface area contributed by atoms with E-state index in [0.29, 0.717) is 0 Å². The average Bonchev–Trinajstić information content (AvgIpc) is 3.00. The molecule has 82 valence electrons. The Morgan fingerprint density at radius 1 is 1.53 bits per heavy atom. The largest absolute Gasteiger partial charge is 0.384 e. The fraction of sp³-hybridized carbons (Fsp3) is 0.444. The van der Waals surface area contributed by atoms with Gasteiger partial charge in [0.15, 0.2) is 0 Å². The third-order valence-corrected chi connectivity index (χ3v) is 4.40. The standard InChI is InChI=1S/C9H13N3O2S/c1-12(7-2-3-7)15(13,14)8-4-5-11-9(10)6-8/h4-7H,2-3H2,1H3,(H2,10,11). The molecule has 1 heterocycles. The molecular formula is C9H13N3O2S. The zero-order valence-corrected chi connectivity index (χ0v) is 9.24. The highest BCUT2D eigenvalue weighted by Crippen LogP contribution is 2.30. The summed E-state index contributed by atoms with van der Waals surface area (Å²) >= 11 is 0. The first-order chi connectivity index (χ1) is 7.01. The van der Waals surface area contributed by atoms with Crippen LogP contribution in [0.3, 0.4) is 0 Å². The van der Waals surface area contributed by atoms with Crippen molar-refractivity contribution in [1.29, 1.82) is 0 Å².